The van der Waals surface area contributed by atoms with Gasteiger partial charge in [-0.15, -0.1) is 0 Å². The Kier molecular flexibility index (Phi) is 23.1. The number of hydrogen-bond acceptors (Lipinski definition) is 12. The first-order valence-electron chi connectivity index (χ1n) is 28.8. The third-order valence-electron chi connectivity index (χ3n) is 14.6. The number of nitrogens with one attached hydrogen (secondary N) is 4. The summed E-state index contributed by atoms with van der Waals surface area (Å²) in [4.78, 5) is 117. The number of benzene rings is 4. The minimum Gasteiger partial charge on any atom is -0.459 e. The molecular formula is C64H85N7O12. The van der Waals surface area contributed by atoms with Gasteiger partial charge in [0.1, 0.15) is 54.6 Å². The lowest BCUT2D eigenvalue weighted by Gasteiger charge is -2.42. The molecule has 83 heavy (non-hydrogen) atoms. The maximum atomic E-state index is 15.1. The van der Waals surface area contributed by atoms with Crippen molar-refractivity contribution >= 4 is 47.9 Å². The zero-order chi connectivity index (χ0) is 60.3. The number of carbonyl (C=O) groups is 8. The molecular weight excluding hydrogens is 1060 g/mol. The van der Waals surface area contributed by atoms with Crippen molar-refractivity contribution in [2.24, 2.45) is 5.92 Å². The van der Waals surface area contributed by atoms with E-state index in [-0.39, 0.29) is 83.3 Å². The van der Waals surface area contributed by atoms with Crippen LogP contribution in [0.1, 0.15) is 129 Å². The van der Waals surface area contributed by atoms with Crippen molar-refractivity contribution in [3.8, 4) is 0 Å². The van der Waals surface area contributed by atoms with Gasteiger partial charge in [0, 0.05) is 44.6 Å². The van der Waals surface area contributed by atoms with Crippen molar-refractivity contribution in [1.82, 2.24) is 36.0 Å². The monoisotopic (exact) mass is 1140 g/mol. The van der Waals surface area contributed by atoms with E-state index in [1.54, 1.807) is 65.5 Å². The van der Waals surface area contributed by atoms with Crippen molar-refractivity contribution < 1.29 is 57.3 Å². The molecule has 4 aromatic carbocycles. The Hall–Kier alpha value is -7.96. The lowest BCUT2D eigenvalue weighted by atomic mass is 9.87. The predicted octanol–water partition coefficient (Wildman–Crippen LogP) is 8.59. The first-order chi connectivity index (χ1) is 39.4. The van der Waals surface area contributed by atoms with Gasteiger partial charge in [-0.05, 0) is 115 Å². The Morgan fingerprint density at radius 1 is 0.699 bits per heavy atom. The summed E-state index contributed by atoms with van der Waals surface area (Å²) in [6.07, 6.45) is -0.977. The average Bonchev–Trinajstić information content (AvgIpc) is 3.94. The Labute approximate surface area is 488 Å². The van der Waals surface area contributed by atoms with Crippen molar-refractivity contribution in [1.29, 1.82) is 0 Å². The number of esters is 1. The summed E-state index contributed by atoms with van der Waals surface area (Å²) in [5.41, 5.74) is 0.0727. The molecule has 19 heteroatoms. The van der Waals surface area contributed by atoms with Crippen molar-refractivity contribution in [3.63, 3.8) is 0 Å². The van der Waals surface area contributed by atoms with E-state index in [0.717, 1.165) is 22.3 Å². The van der Waals surface area contributed by atoms with Gasteiger partial charge in [0.2, 0.25) is 23.6 Å². The van der Waals surface area contributed by atoms with Gasteiger partial charge >= 0.3 is 24.2 Å². The maximum Gasteiger partial charge on any atom is 0.410 e. The van der Waals surface area contributed by atoms with Crippen LogP contribution in [0.2, 0.25) is 0 Å². The first kappa shape index (κ1) is 64.2. The van der Waals surface area contributed by atoms with Crippen LogP contribution in [0.4, 0.5) is 14.4 Å². The van der Waals surface area contributed by atoms with Crippen molar-refractivity contribution in [2.75, 3.05) is 32.7 Å². The van der Waals surface area contributed by atoms with Crippen LogP contribution in [-0.2, 0) is 62.6 Å². The van der Waals surface area contributed by atoms with Crippen LogP contribution in [0, 0.1) is 5.92 Å². The molecule has 0 saturated carbocycles. The number of carbonyl (C=O) groups excluding carboxylic acids is 8. The Balaban J connectivity index is 1.20. The van der Waals surface area contributed by atoms with Gasteiger partial charge in [-0.3, -0.25) is 24.1 Å². The van der Waals surface area contributed by atoms with E-state index in [2.05, 4.69) is 21.3 Å². The fraction of sp³-hybridized carbons (Fsp3) is 0.500. The third-order valence-corrected chi connectivity index (χ3v) is 14.6. The number of unbranched alkanes of at least 4 members (excludes halogenated alkanes) is 1. The molecule has 2 aliphatic heterocycles. The number of amides is 7. The summed E-state index contributed by atoms with van der Waals surface area (Å²) in [5, 5.41) is 11.3. The number of alkyl carbamates (subject to hydrolysis) is 2. The Morgan fingerprint density at radius 2 is 1.24 bits per heavy atom. The molecule has 7 amide bonds. The van der Waals surface area contributed by atoms with Crippen LogP contribution in [-0.4, -0.2) is 136 Å². The molecule has 4 N–H and O–H groups in total. The van der Waals surface area contributed by atoms with E-state index in [9.17, 15) is 33.6 Å². The molecule has 2 aliphatic rings. The molecule has 0 radical (unpaired) electrons. The molecule has 2 saturated heterocycles. The predicted molar refractivity (Wildman–Crippen MR) is 313 cm³/mol. The van der Waals surface area contributed by atoms with Gasteiger partial charge < -0.3 is 50.0 Å². The van der Waals surface area contributed by atoms with E-state index in [4.69, 9.17) is 18.9 Å². The highest BCUT2D eigenvalue weighted by Gasteiger charge is 2.49. The molecule has 1 unspecified atom stereocenters. The van der Waals surface area contributed by atoms with Crippen LogP contribution in [0.15, 0.2) is 121 Å². The Bertz CT molecular complexity index is 2780. The summed E-state index contributed by atoms with van der Waals surface area (Å²) < 4.78 is 22.6. The van der Waals surface area contributed by atoms with E-state index in [1.165, 1.54) is 9.80 Å². The minimum absolute atomic E-state index is 0.00210. The molecule has 448 valence electrons. The molecule has 0 bridgehead atoms. The highest BCUT2D eigenvalue weighted by atomic mass is 16.6. The summed E-state index contributed by atoms with van der Waals surface area (Å²) in [5.74, 6) is -2.92. The average molecular weight is 1140 g/mol. The summed E-state index contributed by atoms with van der Waals surface area (Å²) in [6.45, 7) is 16.3. The molecule has 2 fully saturated rings. The van der Waals surface area contributed by atoms with E-state index in [0.29, 0.717) is 12.8 Å². The van der Waals surface area contributed by atoms with Crippen molar-refractivity contribution in [3.05, 3.63) is 144 Å². The van der Waals surface area contributed by atoms with Crippen LogP contribution < -0.4 is 21.3 Å². The van der Waals surface area contributed by atoms with Gasteiger partial charge in [-0.2, -0.15) is 0 Å². The number of hydrogen-bond donors (Lipinski definition) is 4. The largest absolute Gasteiger partial charge is 0.459 e. The molecule has 5 atom stereocenters. The smallest absolute Gasteiger partial charge is 0.410 e. The number of likely N-dealkylation sites (tertiary alicyclic amines) is 2. The molecule has 6 rings (SSSR count). The van der Waals surface area contributed by atoms with Gasteiger partial charge in [-0.25, -0.2) is 19.2 Å². The molecule has 0 spiro atoms. The van der Waals surface area contributed by atoms with E-state index in [1.807, 2.05) is 123 Å². The van der Waals surface area contributed by atoms with Gasteiger partial charge in [0.15, 0.2) is 0 Å². The summed E-state index contributed by atoms with van der Waals surface area (Å²) in [7, 11) is 0. The molecule has 0 aliphatic carbocycles. The highest BCUT2D eigenvalue weighted by molar-refractivity contribution is 5.96. The Morgan fingerprint density at radius 3 is 1.80 bits per heavy atom. The normalized spacial score (nSPS) is 17.1. The molecule has 4 aromatic rings. The number of rotatable bonds is 24. The third kappa shape index (κ3) is 19.9. The number of piperidine rings is 1. The van der Waals surface area contributed by atoms with Crippen LogP contribution in [0.25, 0.3) is 0 Å². The zero-order valence-electron chi connectivity index (χ0n) is 49.7. The SMILES string of the molecule is CC(C)[C@@H](CN(CC(=O)N[C@H](Cc1ccccc1)C(=O)N[C@@H]1CC(C)N([C@H](CCCCNC(=O)OC(C)(C)C)C(=O)N2CCC(NC(=O)OCc3ccccc3)(C(=O)OCc3ccccc3)CC2)C1=O)C(=O)OC(C)(C)C)c1ccccc1. The lowest BCUT2D eigenvalue weighted by molar-refractivity contribution is -0.157. The van der Waals surface area contributed by atoms with Crippen LogP contribution in [0.5, 0.6) is 0 Å². The van der Waals surface area contributed by atoms with Gasteiger partial charge in [0.05, 0.1) is 0 Å². The summed E-state index contributed by atoms with van der Waals surface area (Å²) >= 11 is 0. The highest BCUT2D eigenvalue weighted by Crippen LogP contribution is 2.31. The van der Waals surface area contributed by atoms with Gasteiger partial charge in [0.25, 0.3) is 0 Å². The van der Waals surface area contributed by atoms with Crippen LogP contribution >= 0.6 is 0 Å². The molecule has 0 aromatic heterocycles. The van der Waals surface area contributed by atoms with Crippen molar-refractivity contribution in [2.45, 2.75) is 167 Å². The second kappa shape index (κ2) is 29.8. The second-order valence-electron chi connectivity index (χ2n) is 23.9. The quantitative estimate of drug-likeness (QED) is 0.0294. The fourth-order valence-corrected chi connectivity index (χ4v) is 10.3. The minimum atomic E-state index is -1.56. The lowest BCUT2D eigenvalue weighted by Crippen LogP contribution is -2.63. The van der Waals surface area contributed by atoms with Crippen LogP contribution in [0.3, 0.4) is 0 Å². The number of ether oxygens (including phenoxy) is 4. The topological polar surface area (TPSA) is 231 Å². The number of nitrogens with zero attached hydrogens (tertiary/aromatic N) is 3. The second-order valence-corrected chi connectivity index (χ2v) is 23.9. The molecule has 2 heterocycles. The van der Waals surface area contributed by atoms with E-state index < -0.39 is 95.3 Å². The van der Waals surface area contributed by atoms with E-state index >= 15 is 4.79 Å². The summed E-state index contributed by atoms with van der Waals surface area (Å²) in [6, 6.07) is 33.2. The fourth-order valence-electron chi connectivity index (χ4n) is 10.3. The molecule has 19 nitrogen and oxygen atoms in total. The maximum absolute atomic E-state index is 15.1. The first-order valence-corrected chi connectivity index (χ1v) is 28.8. The van der Waals surface area contributed by atoms with Gasteiger partial charge in [-0.1, -0.05) is 135 Å². The standard InChI is InChI=1S/C64H85N7O12/c1-44(2)50(49-30-20-13-21-31-49)40-70(61(79)83-63(7,8)9)41-54(72)66-51(39-46-24-14-10-15-25-46)55(73)67-52-38-45(3)71(56(52)74)53(32-22-23-35-65-59(77)82-62(4,5)6)57(75)69-36-33-64(34-37-69,58(76)80-42-47-26-16-11-17-27-47)68-60(78)81-43-48-28-18-12-19-29-48/h10-21,24-31,44-45,50-53H,22-23,32-43H2,1-9H3,(H,65,77)(H,66,72)(H,67,73)(H,68,78)/t45?,50-,51-,52-,53-/m1/s1. The zero-order valence-corrected chi connectivity index (χ0v) is 49.7.